The molecule has 0 bridgehead atoms. The Morgan fingerprint density at radius 3 is 2.47 bits per heavy atom. The number of aryl methyl sites for hydroxylation is 1. The number of hydrogen-bond acceptors (Lipinski definition) is 6. The van der Waals surface area contributed by atoms with Gasteiger partial charge in [-0.05, 0) is 62.9 Å². The van der Waals surface area contributed by atoms with Crippen molar-refractivity contribution >= 4 is 23.3 Å². The van der Waals surface area contributed by atoms with E-state index >= 15 is 0 Å². The van der Waals surface area contributed by atoms with Crippen LogP contribution in [0.25, 0.3) is 0 Å². The Morgan fingerprint density at radius 2 is 1.85 bits per heavy atom. The number of carbonyl (C=O) groups excluding carboxylic acids is 3. The number of aromatic amines is 1. The molecule has 1 saturated carbocycles. The maximum atomic E-state index is 13.6. The first-order chi connectivity index (χ1) is 16.1. The molecule has 11 heteroatoms. The molecule has 1 fully saturated rings. The summed E-state index contributed by atoms with van der Waals surface area (Å²) < 4.78 is 15.1. The monoisotopic (exact) mass is 467 g/mol. The largest absolute Gasteiger partial charge is 0.344 e. The zero-order chi connectivity index (χ0) is 24.6. The van der Waals surface area contributed by atoms with Gasteiger partial charge in [0.25, 0.3) is 17.6 Å². The highest BCUT2D eigenvalue weighted by atomic mass is 19.1. The zero-order valence-electron chi connectivity index (χ0n) is 19.5. The van der Waals surface area contributed by atoms with Crippen LogP contribution in [-0.2, 0) is 17.4 Å². The van der Waals surface area contributed by atoms with Crippen LogP contribution in [0.3, 0.4) is 0 Å². The van der Waals surface area contributed by atoms with Gasteiger partial charge < -0.3 is 15.2 Å². The summed E-state index contributed by atoms with van der Waals surface area (Å²) in [6, 6.07) is 4.27. The third-order valence-electron chi connectivity index (χ3n) is 6.58. The molecule has 2 aromatic heterocycles. The number of benzene rings is 1. The quantitative estimate of drug-likeness (QED) is 0.377. The van der Waals surface area contributed by atoms with Crippen LogP contribution < -0.4 is 10.6 Å². The summed E-state index contributed by atoms with van der Waals surface area (Å²) in [6.45, 7) is 4.93. The maximum Gasteiger partial charge on any atom is 0.294 e. The highest BCUT2D eigenvalue weighted by Gasteiger charge is 2.42. The van der Waals surface area contributed by atoms with Gasteiger partial charge >= 0.3 is 0 Å². The highest BCUT2D eigenvalue weighted by molar-refractivity contribution is 6.43. The number of hydrogen-bond donors (Lipinski definition) is 3. The molecule has 0 radical (unpaired) electrons. The first kappa shape index (κ1) is 23.3. The van der Waals surface area contributed by atoms with Gasteiger partial charge in [0, 0.05) is 18.4 Å². The van der Waals surface area contributed by atoms with E-state index in [1.54, 1.807) is 27.8 Å². The van der Waals surface area contributed by atoms with Gasteiger partial charge in [0.05, 0.1) is 11.3 Å². The molecule has 2 heterocycles. The van der Waals surface area contributed by atoms with E-state index in [0.717, 1.165) is 12.8 Å². The van der Waals surface area contributed by atoms with Crippen LogP contribution in [0.15, 0.2) is 18.2 Å². The lowest BCUT2D eigenvalue weighted by Crippen LogP contribution is -2.47. The number of nitrogens with zero attached hydrogens (tertiary/aromatic N) is 4. The van der Waals surface area contributed by atoms with Gasteiger partial charge in [-0.15, -0.1) is 10.2 Å². The molecule has 4 rings (SSSR count). The van der Waals surface area contributed by atoms with Crippen LogP contribution >= 0.6 is 0 Å². The van der Waals surface area contributed by atoms with E-state index in [-0.39, 0.29) is 17.1 Å². The Balaban J connectivity index is 1.60. The second kappa shape index (κ2) is 8.81. The van der Waals surface area contributed by atoms with E-state index in [2.05, 4.69) is 31.3 Å². The minimum absolute atomic E-state index is 0.122. The average molecular weight is 468 g/mol. The number of Topliss-reactive ketones (excluding diaryl/α,β-unsaturated/α-hetero) is 1. The minimum Gasteiger partial charge on any atom is -0.344 e. The fourth-order valence-corrected chi connectivity index (χ4v) is 4.68. The van der Waals surface area contributed by atoms with Crippen LogP contribution in [0, 0.1) is 26.6 Å². The van der Waals surface area contributed by atoms with Crippen molar-refractivity contribution in [3.8, 4) is 0 Å². The molecule has 0 saturated heterocycles. The lowest BCUT2D eigenvalue weighted by Gasteiger charge is -2.26. The smallest absolute Gasteiger partial charge is 0.294 e. The van der Waals surface area contributed by atoms with Crippen molar-refractivity contribution < 1.29 is 18.8 Å². The number of anilines is 1. The molecule has 3 N–H and O–H groups in total. The Morgan fingerprint density at radius 1 is 1.15 bits per heavy atom. The zero-order valence-corrected chi connectivity index (χ0v) is 19.5. The Hall–Kier alpha value is -3.89. The van der Waals surface area contributed by atoms with Crippen LogP contribution in [0.1, 0.15) is 69.2 Å². The number of nitrogens with one attached hydrogen (secondary N) is 3. The van der Waals surface area contributed by atoms with E-state index in [0.29, 0.717) is 41.2 Å². The van der Waals surface area contributed by atoms with Gasteiger partial charge in [-0.1, -0.05) is 18.1 Å². The van der Waals surface area contributed by atoms with Crippen molar-refractivity contribution in [2.75, 3.05) is 5.32 Å². The molecule has 1 aromatic carbocycles. The molecule has 0 spiro atoms. The van der Waals surface area contributed by atoms with Crippen molar-refractivity contribution in [3.63, 3.8) is 0 Å². The molecule has 3 aromatic rings. The summed E-state index contributed by atoms with van der Waals surface area (Å²) >= 11 is 0. The second-order valence-electron chi connectivity index (χ2n) is 8.72. The first-order valence-corrected chi connectivity index (χ1v) is 11.0. The van der Waals surface area contributed by atoms with E-state index in [1.807, 2.05) is 0 Å². The second-order valence-corrected chi connectivity index (χ2v) is 8.72. The Kier molecular flexibility index (Phi) is 6.03. The molecule has 34 heavy (non-hydrogen) atoms. The number of H-pyrrole nitrogens is 1. The highest BCUT2D eigenvalue weighted by Crippen LogP contribution is 2.36. The number of ketones is 1. The van der Waals surface area contributed by atoms with Gasteiger partial charge in [0.15, 0.2) is 5.82 Å². The van der Waals surface area contributed by atoms with Gasteiger partial charge in [-0.25, -0.2) is 4.39 Å². The molecule has 178 valence electrons. The molecule has 1 aliphatic carbocycles. The summed E-state index contributed by atoms with van der Waals surface area (Å²) in [6.07, 6.45) is 2.92. The topological polar surface area (TPSA) is 135 Å². The van der Waals surface area contributed by atoms with Crippen molar-refractivity contribution in [2.24, 2.45) is 7.05 Å². The van der Waals surface area contributed by atoms with Crippen molar-refractivity contribution in [2.45, 2.75) is 52.0 Å². The van der Waals surface area contributed by atoms with E-state index in [1.165, 1.54) is 22.8 Å². The van der Waals surface area contributed by atoms with Gasteiger partial charge in [0.1, 0.15) is 11.4 Å². The minimum atomic E-state index is -0.853. The van der Waals surface area contributed by atoms with Crippen molar-refractivity contribution in [1.82, 2.24) is 30.5 Å². The summed E-state index contributed by atoms with van der Waals surface area (Å²) in [4.78, 5) is 39.3. The fraction of sp³-hybridized carbons (Fsp3) is 0.391. The van der Waals surface area contributed by atoms with Crippen molar-refractivity contribution in [3.05, 3.63) is 57.9 Å². The van der Waals surface area contributed by atoms with Gasteiger partial charge in [-0.3, -0.25) is 14.4 Å². The predicted molar refractivity (Wildman–Crippen MR) is 121 cm³/mol. The molecular weight excluding hydrogens is 441 g/mol. The SMILES string of the molecule is Cc1cc(NC(=O)c2c(C)c(C(=O)C(=O)NC3(c4nn[nH]n4)CCCC3)n(C)c2C)ccc1F. The van der Waals surface area contributed by atoms with Gasteiger partial charge in [-0.2, -0.15) is 5.21 Å². The molecule has 1 aliphatic rings. The molecular formula is C23H26FN7O3. The number of aromatic nitrogens is 5. The van der Waals surface area contributed by atoms with Crippen molar-refractivity contribution in [1.29, 1.82) is 0 Å². The molecule has 0 aliphatic heterocycles. The van der Waals surface area contributed by atoms with E-state index in [4.69, 9.17) is 0 Å². The summed E-state index contributed by atoms with van der Waals surface area (Å²) in [5.41, 5.74) is 1.30. The normalized spacial score (nSPS) is 14.7. The van der Waals surface area contributed by atoms with Crippen LogP contribution in [0.4, 0.5) is 10.1 Å². The van der Waals surface area contributed by atoms with E-state index in [9.17, 15) is 18.8 Å². The number of amides is 2. The summed E-state index contributed by atoms with van der Waals surface area (Å²) in [5, 5.41) is 19.6. The summed E-state index contributed by atoms with van der Waals surface area (Å²) in [7, 11) is 1.63. The van der Waals surface area contributed by atoms with Gasteiger partial charge in [0.2, 0.25) is 0 Å². The molecule has 0 unspecified atom stereocenters. The third-order valence-corrected chi connectivity index (χ3v) is 6.58. The Bertz CT molecular complexity index is 1270. The molecule has 10 nitrogen and oxygen atoms in total. The van der Waals surface area contributed by atoms with Crippen LogP contribution in [0.5, 0.6) is 0 Å². The summed E-state index contributed by atoms with van der Waals surface area (Å²) in [5.74, 6) is -2.02. The Labute approximate surface area is 195 Å². The number of tetrazole rings is 1. The number of rotatable bonds is 6. The number of halogens is 1. The maximum absolute atomic E-state index is 13.6. The predicted octanol–water partition coefficient (Wildman–Crippen LogP) is 2.62. The number of carbonyl (C=O) groups is 3. The lowest BCUT2D eigenvalue weighted by molar-refractivity contribution is -0.119. The van der Waals surface area contributed by atoms with Crippen LogP contribution in [0.2, 0.25) is 0 Å². The molecule has 0 atom stereocenters. The lowest BCUT2D eigenvalue weighted by atomic mass is 9.96. The van der Waals surface area contributed by atoms with E-state index < -0.39 is 23.1 Å². The molecule has 2 amide bonds. The standard InChI is InChI=1S/C23H26FN7O3/c1-12-11-15(7-8-16(12)24)25-20(33)17-13(2)18(31(4)14(17)3)19(32)21(34)26-23(9-5-6-10-23)22-27-29-30-28-22/h7-8,11H,5-6,9-10H2,1-4H3,(H,25,33)(H,26,34)(H,27,28,29,30). The fourth-order valence-electron chi connectivity index (χ4n) is 4.68. The third kappa shape index (κ3) is 3.97. The van der Waals surface area contributed by atoms with Crippen LogP contribution in [-0.4, -0.2) is 42.8 Å². The average Bonchev–Trinajstić information content (AvgIpc) is 3.52. The first-order valence-electron chi connectivity index (χ1n) is 11.0.